The van der Waals surface area contributed by atoms with Gasteiger partial charge in [0.25, 0.3) is 5.89 Å². The molecule has 1 aliphatic heterocycles. The van der Waals surface area contributed by atoms with Crippen molar-refractivity contribution in [2.24, 2.45) is 5.92 Å². The summed E-state index contributed by atoms with van der Waals surface area (Å²) in [4.78, 5) is 17.4. The molecule has 3 aromatic rings. The lowest BCUT2D eigenvalue weighted by Gasteiger charge is -2.34. The van der Waals surface area contributed by atoms with Crippen LogP contribution in [0.1, 0.15) is 86.3 Å². The van der Waals surface area contributed by atoms with Gasteiger partial charge in [0.1, 0.15) is 12.6 Å². The van der Waals surface area contributed by atoms with E-state index in [1.54, 1.807) is 4.31 Å². The van der Waals surface area contributed by atoms with Crippen LogP contribution in [0.25, 0.3) is 0 Å². The SMILES string of the molecule is O=C(N[C@@H](c1ccccc1)c1nc([C@@H]2CCCCN2S(=O)(=O)CC2CCCCC2)no1)OCc1ccccc1. The van der Waals surface area contributed by atoms with Gasteiger partial charge >= 0.3 is 6.09 Å². The Balaban J connectivity index is 1.33. The molecule has 2 aliphatic rings. The van der Waals surface area contributed by atoms with Crippen LogP contribution in [0.3, 0.4) is 0 Å². The van der Waals surface area contributed by atoms with Crippen molar-refractivity contribution in [3.63, 3.8) is 0 Å². The van der Waals surface area contributed by atoms with Gasteiger partial charge < -0.3 is 14.6 Å². The van der Waals surface area contributed by atoms with E-state index in [1.165, 1.54) is 6.42 Å². The average Bonchev–Trinajstić information content (AvgIpc) is 3.46. The van der Waals surface area contributed by atoms with Crippen LogP contribution in [0, 0.1) is 5.92 Å². The standard InChI is InChI=1S/C29H36N4O5S/c34-29(37-20-22-12-4-1-5-13-22)30-26(24-16-8-3-9-17-24)28-31-27(32-38-28)25-18-10-11-19-33(25)39(35,36)21-23-14-6-2-7-15-23/h1,3-5,8-9,12-13,16-17,23,25-26H,2,6-7,10-11,14-15,18-21H2,(H,30,34)/t25-,26-/m0/s1. The lowest BCUT2D eigenvalue weighted by atomic mass is 9.91. The number of ether oxygens (including phenoxy) is 1. The summed E-state index contributed by atoms with van der Waals surface area (Å²) in [7, 11) is -3.47. The summed E-state index contributed by atoms with van der Waals surface area (Å²) in [5.74, 6) is 0.899. The summed E-state index contributed by atoms with van der Waals surface area (Å²) in [6, 6.07) is 17.5. The summed E-state index contributed by atoms with van der Waals surface area (Å²) in [6.45, 7) is 0.578. The van der Waals surface area contributed by atoms with Crippen molar-refractivity contribution in [3.05, 3.63) is 83.5 Å². The lowest BCUT2D eigenvalue weighted by molar-refractivity contribution is 0.135. The fourth-order valence-electron chi connectivity index (χ4n) is 5.56. The van der Waals surface area contributed by atoms with Crippen molar-refractivity contribution in [2.75, 3.05) is 12.3 Å². The van der Waals surface area contributed by atoms with Crippen LogP contribution in [-0.2, 0) is 21.4 Å². The van der Waals surface area contributed by atoms with E-state index in [4.69, 9.17) is 9.26 Å². The van der Waals surface area contributed by atoms with Crippen LogP contribution in [0.4, 0.5) is 4.79 Å². The number of hydrogen-bond donors (Lipinski definition) is 1. The first kappa shape index (κ1) is 27.3. The molecule has 2 heterocycles. The van der Waals surface area contributed by atoms with Crippen LogP contribution in [0.15, 0.2) is 65.2 Å². The highest BCUT2D eigenvalue weighted by Crippen LogP contribution is 2.35. The minimum absolute atomic E-state index is 0.124. The van der Waals surface area contributed by atoms with Crippen LogP contribution >= 0.6 is 0 Å². The third-order valence-corrected chi connectivity index (χ3v) is 9.64. The monoisotopic (exact) mass is 552 g/mol. The van der Waals surface area contributed by atoms with Gasteiger partial charge in [-0.25, -0.2) is 13.2 Å². The second-order valence-corrected chi connectivity index (χ2v) is 12.4. The first-order valence-corrected chi connectivity index (χ1v) is 15.5. The van der Waals surface area contributed by atoms with Gasteiger partial charge in [-0.15, -0.1) is 0 Å². The van der Waals surface area contributed by atoms with E-state index in [1.807, 2.05) is 60.7 Å². The summed E-state index contributed by atoms with van der Waals surface area (Å²) in [6.07, 6.45) is 7.02. The number of sulfonamides is 1. The van der Waals surface area contributed by atoms with Crippen LogP contribution in [0.2, 0.25) is 0 Å². The predicted molar refractivity (Wildman–Crippen MR) is 146 cm³/mol. The zero-order valence-corrected chi connectivity index (χ0v) is 22.9. The molecule has 1 N–H and O–H groups in total. The number of alkyl carbamates (subject to hydrolysis) is 1. The Kier molecular flexibility index (Phi) is 8.93. The second-order valence-electron chi connectivity index (χ2n) is 10.4. The van der Waals surface area contributed by atoms with Crippen LogP contribution in [-0.4, -0.2) is 41.3 Å². The van der Waals surface area contributed by atoms with E-state index in [0.29, 0.717) is 18.8 Å². The highest BCUT2D eigenvalue weighted by molar-refractivity contribution is 7.89. The summed E-state index contributed by atoms with van der Waals surface area (Å²) in [5, 5.41) is 7.06. The zero-order chi connectivity index (χ0) is 27.1. The summed E-state index contributed by atoms with van der Waals surface area (Å²) < 4.78 is 39.7. The Morgan fingerprint density at radius 3 is 2.41 bits per heavy atom. The molecule has 0 spiro atoms. The maximum absolute atomic E-state index is 13.5. The van der Waals surface area contributed by atoms with Crippen LogP contribution < -0.4 is 5.32 Å². The van der Waals surface area contributed by atoms with Gasteiger partial charge in [-0.05, 0) is 42.7 Å². The Morgan fingerprint density at radius 1 is 0.974 bits per heavy atom. The molecule has 2 atom stereocenters. The highest BCUT2D eigenvalue weighted by atomic mass is 32.2. The molecule has 0 bridgehead atoms. The molecule has 208 valence electrons. The van der Waals surface area contributed by atoms with Gasteiger partial charge in [0, 0.05) is 6.54 Å². The second kappa shape index (κ2) is 12.7. The summed E-state index contributed by atoms with van der Waals surface area (Å²) in [5.41, 5.74) is 1.62. The molecule has 0 unspecified atom stereocenters. The number of piperidine rings is 1. The molecule has 39 heavy (non-hydrogen) atoms. The number of amides is 1. The number of benzene rings is 2. The first-order chi connectivity index (χ1) is 19.0. The maximum atomic E-state index is 13.5. The minimum Gasteiger partial charge on any atom is -0.445 e. The third kappa shape index (κ3) is 7.05. The van der Waals surface area contributed by atoms with Gasteiger partial charge in [-0.2, -0.15) is 9.29 Å². The number of nitrogens with one attached hydrogen (secondary N) is 1. The molecule has 0 radical (unpaired) electrons. The number of nitrogens with zero attached hydrogens (tertiary/aromatic N) is 3. The number of hydrogen-bond acceptors (Lipinski definition) is 7. The van der Waals surface area contributed by atoms with E-state index >= 15 is 0 Å². The van der Waals surface area contributed by atoms with Gasteiger partial charge in [-0.3, -0.25) is 0 Å². The molecule has 10 heteroatoms. The van der Waals surface area contributed by atoms with E-state index in [9.17, 15) is 13.2 Å². The lowest BCUT2D eigenvalue weighted by Crippen LogP contribution is -2.41. The van der Waals surface area contributed by atoms with Gasteiger partial charge in [0.2, 0.25) is 10.0 Å². The predicted octanol–water partition coefficient (Wildman–Crippen LogP) is 5.52. The molecular weight excluding hydrogens is 516 g/mol. The normalized spacial score (nSPS) is 19.8. The first-order valence-electron chi connectivity index (χ1n) is 13.8. The molecule has 9 nitrogen and oxygen atoms in total. The fraction of sp³-hybridized carbons (Fsp3) is 0.483. The fourth-order valence-corrected chi connectivity index (χ4v) is 7.67. The Hall–Kier alpha value is -3.24. The third-order valence-electron chi connectivity index (χ3n) is 7.59. The van der Waals surface area contributed by atoms with Crippen molar-refractivity contribution < 1.29 is 22.5 Å². The van der Waals surface area contributed by atoms with Crippen molar-refractivity contribution in [1.29, 1.82) is 0 Å². The largest absolute Gasteiger partial charge is 0.445 e. The van der Waals surface area contributed by atoms with Crippen molar-refractivity contribution in [2.45, 2.75) is 70.1 Å². The molecule has 1 aliphatic carbocycles. The van der Waals surface area contributed by atoms with Gasteiger partial charge in [0.15, 0.2) is 5.82 Å². The van der Waals surface area contributed by atoms with E-state index in [2.05, 4.69) is 15.5 Å². The van der Waals surface area contributed by atoms with Gasteiger partial charge in [0.05, 0.1) is 11.8 Å². The Morgan fingerprint density at radius 2 is 1.67 bits per heavy atom. The average molecular weight is 553 g/mol. The quantitative estimate of drug-likeness (QED) is 0.372. The number of carbonyl (C=O) groups excluding carboxylic acids is 1. The van der Waals surface area contributed by atoms with Gasteiger partial charge in [-0.1, -0.05) is 91.5 Å². The molecular formula is C29H36N4O5S. The molecule has 2 aromatic carbocycles. The molecule has 1 saturated heterocycles. The molecule has 1 saturated carbocycles. The molecule has 5 rings (SSSR count). The van der Waals surface area contributed by atoms with Crippen molar-refractivity contribution in [1.82, 2.24) is 19.8 Å². The van der Waals surface area contributed by atoms with E-state index in [0.717, 1.165) is 49.7 Å². The van der Waals surface area contributed by atoms with Crippen LogP contribution in [0.5, 0.6) is 0 Å². The Bertz CT molecular complexity index is 1310. The summed E-state index contributed by atoms with van der Waals surface area (Å²) >= 11 is 0. The van der Waals surface area contributed by atoms with E-state index in [-0.39, 0.29) is 24.2 Å². The smallest absolute Gasteiger partial charge is 0.408 e. The van der Waals surface area contributed by atoms with Crippen molar-refractivity contribution in [3.8, 4) is 0 Å². The number of aromatic nitrogens is 2. The number of rotatable bonds is 9. The topological polar surface area (TPSA) is 115 Å². The number of carbonyl (C=O) groups is 1. The molecule has 1 aromatic heterocycles. The highest BCUT2D eigenvalue weighted by Gasteiger charge is 2.38. The zero-order valence-electron chi connectivity index (χ0n) is 22.1. The molecule has 1 amide bonds. The maximum Gasteiger partial charge on any atom is 0.408 e. The van der Waals surface area contributed by atoms with E-state index < -0.39 is 28.2 Å². The van der Waals surface area contributed by atoms with Crippen molar-refractivity contribution >= 4 is 16.1 Å². The molecule has 2 fully saturated rings. The minimum atomic E-state index is -3.47. The Labute approximate surface area is 230 Å².